The number of halogens is 1. The molecule has 3 aromatic rings. The number of hydrogen-bond donors (Lipinski definition) is 0. The van der Waals surface area contributed by atoms with Gasteiger partial charge in [0.25, 0.3) is 0 Å². The van der Waals surface area contributed by atoms with Crippen LogP contribution >= 0.6 is 22.9 Å². The number of rotatable bonds is 6. The van der Waals surface area contributed by atoms with Gasteiger partial charge in [-0.1, -0.05) is 11.6 Å². The van der Waals surface area contributed by atoms with Gasteiger partial charge in [0, 0.05) is 11.6 Å². The van der Waals surface area contributed by atoms with E-state index in [0.717, 1.165) is 5.56 Å². The molecule has 3 rings (SSSR count). The minimum atomic E-state index is -3.65. The van der Waals surface area contributed by atoms with Crippen LogP contribution in [-0.2, 0) is 23.1 Å². The van der Waals surface area contributed by atoms with E-state index in [-0.39, 0.29) is 18.0 Å². The zero-order chi connectivity index (χ0) is 16.3. The van der Waals surface area contributed by atoms with Crippen molar-refractivity contribution in [3.05, 3.63) is 75.8 Å². The van der Waals surface area contributed by atoms with E-state index in [1.807, 2.05) is 16.8 Å². The quantitative estimate of drug-likeness (QED) is 0.649. The molecular weight excluding hydrogens is 354 g/mol. The Bertz CT molecular complexity index is 805. The van der Waals surface area contributed by atoms with Gasteiger partial charge in [-0.2, -0.15) is 15.6 Å². The second kappa shape index (κ2) is 6.88. The summed E-state index contributed by atoms with van der Waals surface area (Å²) < 4.78 is 32.6. The summed E-state index contributed by atoms with van der Waals surface area (Å²) in [6, 6.07) is 11.6. The fourth-order valence-electron chi connectivity index (χ4n) is 2.14. The van der Waals surface area contributed by atoms with Gasteiger partial charge in [-0.3, -0.25) is 0 Å². The molecule has 1 aromatic carbocycles. The maximum atomic E-state index is 12.9. The summed E-state index contributed by atoms with van der Waals surface area (Å²) in [6.07, 6.45) is 1.53. The molecule has 0 bridgehead atoms. The van der Waals surface area contributed by atoms with E-state index in [9.17, 15) is 8.42 Å². The summed E-state index contributed by atoms with van der Waals surface area (Å²) in [6.45, 7) is 0.461. The first kappa shape index (κ1) is 16.3. The Hall–Kier alpha value is -1.60. The smallest absolute Gasteiger partial charge is 0.243 e. The predicted octanol–water partition coefficient (Wildman–Crippen LogP) is 4.39. The summed E-state index contributed by atoms with van der Waals surface area (Å²) in [5.74, 6) is 0.595. The fraction of sp³-hybridized carbons (Fsp3) is 0.125. The van der Waals surface area contributed by atoms with Crippen molar-refractivity contribution >= 4 is 33.0 Å². The molecule has 7 heteroatoms. The largest absolute Gasteiger partial charge is 0.468 e. The molecule has 0 fully saturated rings. The Balaban J connectivity index is 1.93. The van der Waals surface area contributed by atoms with Crippen LogP contribution in [0, 0.1) is 0 Å². The molecule has 0 unspecified atom stereocenters. The normalized spacial score (nSPS) is 11.9. The summed E-state index contributed by atoms with van der Waals surface area (Å²) in [5.41, 5.74) is 0.944. The van der Waals surface area contributed by atoms with Gasteiger partial charge < -0.3 is 4.42 Å². The van der Waals surface area contributed by atoms with Crippen LogP contribution in [0.3, 0.4) is 0 Å². The maximum Gasteiger partial charge on any atom is 0.243 e. The minimum Gasteiger partial charge on any atom is -0.468 e. The van der Waals surface area contributed by atoms with Crippen LogP contribution in [0.1, 0.15) is 11.3 Å². The van der Waals surface area contributed by atoms with Crippen LogP contribution in [0.4, 0.5) is 0 Å². The lowest BCUT2D eigenvalue weighted by molar-refractivity contribution is 0.359. The van der Waals surface area contributed by atoms with Crippen molar-refractivity contribution in [3.63, 3.8) is 0 Å². The van der Waals surface area contributed by atoms with Crippen molar-refractivity contribution in [1.29, 1.82) is 0 Å². The van der Waals surface area contributed by atoms with E-state index in [1.165, 1.54) is 34.0 Å². The third kappa shape index (κ3) is 3.84. The zero-order valence-corrected chi connectivity index (χ0v) is 14.4. The first-order chi connectivity index (χ1) is 11.1. The molecule has 0 radical (unpaired) electrons. The second-order valence-electron chi connectivity index (χ2n) is 4.94. The predicted molar refractivity (Wildman–Crippen MR) is 90.9 cm³/mol. The molecular formula is C16H14ClNO3S2. The van der Waals surface area contributed by atoms with Crippen molar-refractivity contribution in [1.82, 2.24) is 4.31 Å². The Kier molecular flexibility index (Phi) is 4.87. The molecule has 4 nitrogen and oxygen atoms in total. The maximum absolute atomic E-state index is 12.9. The highest BCUT2D eigenvalue weighted by Crippen LogP contribution is 2.23. The zero-order valence-electron chi connectivity index (χ0n) is 12.1. The van der Waals surface area contributed by atoms with Crippen LogP contribution in [-0.4, -0.2) is 12.7 Å². The van der Waals surface area contributed by atoms with E-state index in [2.05, 4.69) is 0 Å². The lowest BCUT2D eigenvalue weighted by atomic mass is 10.3. The molecule has 120 valence electrons. The SMILES string of the molecule is O=S(=O)(c1ccc(Cl)cc1)N(Cc1ccsc1)Cc1ccco1. The van der Waals surface area contributed by atoms with Crippen molar-refractivity contribution in [2.45, 2.75) is 18.0 Å². The van der Waals surface area contributed by atoms with Gasteiger partial charge in [-0.25, -0.2) is 8.42 Å². The fourth-order valence-corrected chi connectivity index (χ4v) is 4.32. The average Bonchev–Trinajstić information content (AvgIpc) is 3.20. The van der Waals surface area contributed by atoms with Gasteiger partial charge in [0.15, 0.2) is 0 Å². The number of nitrogens with zero attached hydrogens (tertiary/aromatic N) is 1. The lowest BCUT2D eigenvalue weighted by Crippen LogP contribution is -2.30. The molecule has 0 aliphatic carbocycles. The van der Waals surface area contributed by atoms with Gasteiger partial charge >= 0.3 is 0 Å². The molecule has 0 saturated heterocycles. The number of furan rings is 1. The van der Waals surface area contributed by atoms with Gasteiger partial charge in [-0.05, 0) is 58.8 Å². The molecule has 0 aliphatic heterocycles. The number of benzene rings is 1. The van der Waals surface area contributed by atoms with Crippen LogP contribution in [0.2, 0.25) is 5.02 Å². The summed E-state index contributed by atoms with van der Waals surface area (Å²) in [7, 11) is -3.65. The van der Waals surface area contributed by atoms with Crippen molar-refractivity contribution < 1.29 is 12.8 Å². The van der Waals surface area contributed by atoms with Crippen LogP contribution < -0.4 is 0 Å². The number of hydrogen-bond acceptors (Lipinski definition) is 4. The third-order valence-corrected chi connectivity index (χ3v) is 6.09. The topological polar surface area (TPSA) is 50.5 Å². The van der Waals surface area contributed by atoms with Gasteiger partial charge in [0.1, 0.15) is 5.76 Å². The third-order valence-electron chi connectivity index (χ3n) is 3.30. The van der Waals surface area contributed by atoms with E-state index in [1.54, 1.807) is 24.3 Å². The Morgan fingerprint density at radius 1 is 1.09 bits per heavy atom. The average molecular weight is 368 g/mol. The molecule has 0 atom stereocenters. The highest BCUT2D eigenvalue weighted by molar-refractivity contribution is 7.89. The Morgan fingerprint density at radius 3 is 2.48 bits per heavy atom. The number of thiophene rings is 1. The van der Waals surface area contributed by atoms with Gasteiger partial charge in [0.2, 0.25) is 10.0 Å². The molecule has 0 spiro atoms. The van der Waals surface area contributed by atoms with Crippen LogP contribution in [0.15, 0.2) is 68.8 Å². The van der Waals surface area contributed by atoms with Crippen molar-refractivity contribution in [2.24, 2.45) is 0 Å². The monoisotopic (exact) mass is 367 g/mol. The first-order valence-corrected chi connectivity index (χ1v) is 9.61. The highest BCUT2D eigenvalue weighted by Gasteiger charge is 2.25. The van der Waals surface area contributed by atoms with E-state index in [0.29, 0.717) is 10.8 Å². The molecule has 2 heterocycles. The lowest BCUT2D eigenvalue weighted by Gasteiger charge is -2.21. The molecule has 0 N–H and O–H groups in total. The molecule has 2 aromatic heterocycles. The van der Waals surface area contributed by atoms with Gasteiger partial charge in [-0.15, -0.1) is 0 Å². The molecule has 0 amide bonds. The van der Waals surface area contributed by atoms with Gasteiger partial charge in [0.05, 0.1) is 17.7 Å². The van der Waals surface area contributed by atoms with Crippen LogP contribution in [0.25, 0.3) is 0 Å². The summed E-state index contributed by atoms with van der Waals surface area (Å²) in [4.78, 5) is 0.212. The standard InChI is InChI=1S/C16H14ClNO3S2/c17-14-3-5-16(6-4-14)23(19,20)18(10-13-7-9-22-12-13)11-15-2-1-8-21-15/h1-9,12H,10-11H2. The highest BCUT2D eigenvalue weighted by atomic mass is 35.5. The summed E-state index contributed by atoms with van der Waals surface area (Å²) in [5, 5.41) is 4.36. The van der Waals surface area contributed by atoms with Crippen molar-refractivity contribution in [3.8, 4) is 0 Å². The second-order valence-corrected chi connectivity index (χ2v) is 8.09. The van der Waals surface area contributed by atoms with Crippen molar-refractivity contribution in [2.75, 3.05) is 0 Å². The van der Waals surface area contributed by atoms with E-state index in [4.69, 9.17) is 16.0 Å². The van der Waals surface area contributed by atoms with Crippen LogP contribution in [0.5, 0.6) is 0 Å². The summed E-state index contributed by atoms with van der Waals surface area (Å²) >= 11 is 7.39. The Labute approximate surface area is 144 Å². The molecule has 23 heavy (non-hydrogen) atoms. The Morgan fingerprint density at radius 2 is 1.87 bits per heavy atom. The molecule has 0 saturated carbocycles. The number of sulfonamides is 1. The van der Waals surface area contributed by atoms with E-state index < -0.39 is 10.0 Å². The van der Waals surface area contributed by atoms with E-state index >= 15 is 0 Å². The minimum absolute atomic E-state index is 0.174. The molecule has 0 aliphatic rings. The first-order valence-electron chi connectivity index (χ1n) is 6.85.